The molecule has 0 aromatic rings. The van der Waals surface area contributed by atoms with Gasteiger partial charge in [0.25, 0.3) is 0 Å². The van der Waals surface area contributed by atoms with E-state index in [-0.39, 0.29) is 0 Å². The zero-order valence-electron chi connectivity index (χ0n) is 11.5. The molecule has 3 unspecified atom stereocenters. The molecule has 0 aliphatic heterocycles. The van der Waals surface area contributed by atoms with Gasteiger partial charge in [-0.2, -0.15) is 5.26 Å². The van der Waals surface area contributed by atoms with Crippen molar-refractivity contribution in [3.05, 3.63) is 0 Å². The van der Waals surface area contributed by atoms with Gasteiger partial charge in [0, 0.05) is 0 Å². The fourth-order valence-corrected chi connectivity index (χ4v) is 5.15. The summed E-state index contributed by atoms with van der Waals surface area (Å²) in [5.41, 5.74) is -1.07. The van der Waals surface area contributed by atoms with Crippen molar-refractivity contribution >= 4 is 0 Å². The van der Waals surface area contributed by atoms with E-state index in [1.54, 1.807) is 0 Å². The minimum atomic E-state index is -0.673. The third-order valence-corrected chi connectivity index (χ3v) is 6.39. The third kappa shape index (κ3) is 1.56. The number of hydrogen-bond donors (Lipinski definition) is 1. The van der Waals surface area contributed by atoms with E-state index in [1.165, 1.54) is 25.7 Å². The molecule has 0 aromatic heterocycles. The van der Waals surface area contributed by atoms with Crippen LogP contribution in [0, 0.1) is 34.5 Å². The number of nitriles is 1. The SMILES string of the molecule is CCC1CCC(O)(C2(C#N)CC3CCC2C3)CC1. The van der Waals surface area contributed by atoms with Crippen LogP contribution in [-0.4, -0.2) is 10.7 Å². The average Bonchev–Trinajstić information content (AvgIpc) is 3.00. The summed E-state index contributed by atoms with van der Waals surface area (Å²) in [6, 6.07) is 2.60. The van der Waals surface area contributed by atoms with Crippen LogP contribution in [-0.2, 0) is 0 Å². The van der Waals surface area contributed by atoms with E-state index in [0.717, 1.165) is 43.9 Å². The van der Waals surface area contributed by atoms with E-state index in [1.807, 2.05) is 0 Å². The molecule has 0 aromatic carbocycles. The number of aliphatic hydroxyl groups is 1. The van der Waals surface area contributed by atoms with Crippen molar-refractivity contribution in [3.8, 4) is 6.07 Å². The van der Waals surface area contributed by atoms with Crippen molar-refractivity contribution in [2.24, 2.45) is 23.2 Å². The van der Waals surface area contributed by atoms with Crippen molar-refractivity contribution in [2.45, 2.75) is 70.3 Å². The molecule has 18 heavy (non-hydrogen) atoms. The summed E-state index contributed by atoms with van der Waals surface area (Å²) >= 11 is 0. The zero-order valence-corrected chi connectivity index (χ0v) is 11.5. The predicted molar refractivity (Wildman–Crippen MR) is 70.7 cm³/mol. The molecule has 3 aliphatic carbocycles. The zero-order chi connectivity index (χ0) is 12.8. The van der Waals surface area contributed by atoms with Crippen molar-refractivity contribution in [1.29, 1.82) is 5.26 Å². The molecular weight excluding hydrogens is 222 g/mol. The van der Waals surface area contributed by atoms with Crippen molar-refractivity contribution < 1.29 is 5.11 Å². The summed E-state index contributed by atoms with van der Waals surface area (Å²) in [5.74, 6) is 1.98. The summed E-state index contributed by atoms with van der Waals surface area (Å²) < 4.78 is 0. The maximum atomic E-state index is 11.1. The predicted octanol–water partition coefficient (Wildman–Crippen LogP) is 3.65. The standard InChI is InChI=1S/C16H25NO/c1-2-12-5-7-16(18,8-6-12)15(11-17)10-13-3-4-14(15)9-13/h12-14,18H,2-10H2,1H3. The van der Waals surface area contributed by atoms with E-state index in [2.05, 4.69) is 13.0 Å². The second-order valence-corrected chi connectivity index (χ2v) is 7.05. The number of hydrogen-bond acceptors (Lipinski definition) is 2. The lowest BCUT2D eigenvalue weighted by Crippen LogP contribution is -2.52. The minimum Gasteiger partial charge on any atom is -0.388 e. The highest BCUT2D eigenvalue weighted by Crippen LogP contribution is 2.63. The number of fused-ring (bicyclic) bond motifs is 2. The van der Waals surface area contributed by atoms with Crippen LogP contribution in [0.25, 0.3) is 0 Å². The molecule has 0 spiro atoms. The molecule has 0 heterocycles. The average molecular weight is 247 g/mol. The summed E-state index contributed by atoms with van der Waals surface area (Å²) in [4.78, 5) is 0. The molecule has 3 aliphatic rings. The van der Waals surface area contributed by atoms with Gasteiger partial charge in [0.05, 0.1) is 17.1 Å². The minimum absolute atomic E-state index is 0.394. The molecule has 3 saturated carbocycles. The van der Waals surface area contributed by atoms with E-state index >= 15 is 0 Å². The lowest BCUT2D eigenvalue weighted by atomic mass is 9.57. The van der Waals surface area contributed by atoms with Gasteiger partial charge in [-0.15, -0.1) is 0 Å². The van der Waals surface area contributed by atoms with Gasteiger partial charge in [0.15, 0.2) is 0 Å². The fourth-order valence-electron chi connectivity index (χ4n) is 5.15. The Hall–Kier alpha value is -0.550. The smallest absolute Gasteiger partial charge is 0.0890 e. The van der Waals surface area contributed by atoms with Crippen molar-refractivity contribution in [3.63, 3.8) is 0 Å². The van der Waals surface area contributed by atoms with Crippen LogP contribution in [0.1, 0.15) is 64.7 Å². The molecule has 3 atom stereocenters. The Morgan fingerprint density at radius 1 is 1.22 bits per heavy atom. The first kappa shape index (κ1) is 12.5. The fraction of sp³-hybridized carbons (Fsp3) is 0.938. The monoisotopic (exact) mass is 247 g/mol. The van der Waals surface area contributed by atoms with Gasteiger partial charge in [-0.25, -0.2) is 0 Å². The first-order valence-electron chi connectivity index (χ1n) is 7.77. The van der Waals surface area contributed by atoms with Crippen molar-refractivity contribution in [2.75, 3.05) is 0 Å². The van der Waals surface area contributed by atoms with Gasteiger partial charge < -0.3 is 5.11 Å². The Labute approximate surface area is 110 Å². The van der Waals surface area contributed by atoms with Gasteiger partial charge >= 0.3 is 0 Å². The van der Waals surface area contributed by atoms with E-state index in [9.17, 15) is 10.4 Å². The Kier molecular flexibility index (Phi) is 2.94. The molecule has 2 nitrogen and oxygen atoms in total. The number of rotatable bonds is 2. The van der Waals surface area contributed by atoms with Gasteiger partial charge in [-0.1, -0.05) is 19.8 Å². The highest BCUT2D eigenvalue weighted by Gasteiger charge is 2.62. The highest BCUT2D eigenvalue weighted by atomic mass is 16.3. The van der Waals surface area contributed by atoms with Crippen LogP contribution in [0.3, 0.4) is 0 Å². The largest absolute Gasteiger partial charge is 0.388 e. The van der Waals surface area contributed by atoms with Gasteiger partial charge in [-0.05, 0) is 62.7 Å². The first-order valence-corrected chi connectivity index (χ1v) is 7.77. The molecule has 0 amide bonds. The molecule has 3 rings (SSSR count). The topological polar surface area (TPSA) is 44.0 Å². The molecule has 3 fully saturated rings. The molecule has 0 saturated heterocycles. The lowest BCUT2D eigenvalue weighted by Gasteiger charge is -2.49. The summed E-state index contributed by atoms with van der Waals surface area (Å²) in [6.45, 7) is 2.24. The van der Waals surface area contributed by atoms with E-state index in [0.29, 0.717) is 5.92 Å². The van der Waals surface area contributed by atoms with Crippen LogP contribution < -0.4 is 0 Å². The maximum Gasteiger partial charge on any atom is 0.0890 e. The Morgan fingerprint density at radius 2 is 1.94 bits per heavy atom. The molecule has 0 radical (unpaired) electrons. The Bertz CT molecular complexity index is 364. The molecule has 100 valence electrons. The van der Waals surface area contributed by atoms with Gasteiger partial charge in [0.2, 0.25) is 0 Å². The van der Waals surface area contributed by atoms with Gasteiger partial charge in [-0.3, -0.25) is 0 Å². The maximum absolute atomic E-state index is 11.1. The van der Waals surface area contributed by atoms with Crippen molar-refractivity contribution in [1.82, 2.24) is 0 Å². The van der Waals surface area contributed by atoms with E-state index in [4.69, 9.17) is 0 Å². The molecule has 2 bridgehead atoms. The van der Waals surface area contributed by atoms with Crippen LogP contribution >= 0.6 is 0 Å². The summed E-state index contributed by atoms with van der Waals surface area (Å²) in [6.07, 6.45) is 9.84. The van der Waals surface area contributed by atoms with E-state index < -0.39 is 11.0 Å². The normalized spacial score (nSPS) is 51.3. The summed E-state index contributed by atoms with van der Waals surface area (Å²) in [5, 5.41) is 20.9. The second kappa shape index (κ2) is 4.23. The van der Waals surface area contributed by atoms with Crippen LogP contribution in [0.2, 0.25) is 0 Å². The first-order chi connectivity index (χ1) is 8.63. The molecular formula is C16H25NO. The number of nitrogens with zero attached hydrogens (tertiary/aromatic N) is 1. The third-order valence-electron chi connectivity index (χ3n) is 6.39. The van der Waals surface area contributed by atoms with Crippen LogP contribution in [0.5, 0.6) is 0 Å². The Morgan fingerprint density at radius 3 is 2.39 bits per heavy atom. The lowest BCUT2D eigenvalue weighted by molar-refractivity contribution is -0.113. The van der Waals surface area contributed by atoms with Gasteiger partial charge in [0.1, 0.15) is 0 Å². The molecule has 2 heteroatoms. The second-order valence-electron chi connectivity index (χ2n) is 7.05. The highest BCUT2D eigenvalue weighted by molar-refractivity contribution is 5.20. The summed E-state index contributed by atoms with van der Waals surface area (Å²) in [7, 11) is 0. The Balaban J connectivity index is 1.83. The molecule has 1 N–H and O–H groups in total. The quantitative estimate of drug-likeness (QED) is 0.809. The van der Waals surface area contributed by atoms with Crippen LogP contribution in [0.4, 0.5) is 0 Å². The van der Waals surface area contributed by atoms with Crippen LogP contribution in [0.15, 0.2) is 0 Å².